The zero-order valence-electron chi connectivity index (χ0n) is 20.5. The zero-order chi connectivity index (χ0) is 27.3. The number of aliphatic hydroxyl groups is 2. The van der Waals surface area contributed by atoms with Crippen LogP contribution in [0.15, 0.2) is 30.5 Å². The van der Waals surface area contributed by atoms with E-state index in [0.29, 0.717) is 30.8 Å². The minimum atomic E-state index is -1.09. The molecule has 1 aliphatic carbocycles. The number of amides is 1. The van der Waals surface area contributed by atoms with Gasteiger partial charge in [-0.1, -0.05) is 13.0 Å². The van der Waals surface area contributed by atoms with Gasteiger partial charge in [0, 0.05) is 36.7 Å². The Morgan fingerprint density at radius 1 is 1.16 bits per heavy atom. The highest BCUT2D eigenvalue weighted by Crippen LogP contribution is 2.42. The van der Waals surface area contributed by atoms with Gasteiger partial charge in [0.05, 0.1) is 46.7 Å². The molecule has 0 spiro atoms. The van der Waals surface area contributed by atoms with Crippen molar-refractivity contribution in [3.8, 4) is 11.3 Å². The molecule has 0 bridgehead atoms. The number of hydrogen-bond acceptors (Lipinski definition) is 8. The van der Waals surface area contributed by atoms with Crippen LogP contribution in [0.25, 0.3) is 11.3 Å². The monoisotopic (exact) mass is 528 g/mol. The number of carbonyl (C=O) groups excluding carboxylic acids is 1. The molecule has 2 aromatic heterocycles. The molecule has 1 fully saturated rings. The van der Waals surface area contributed by atoms with E-state index in [1.807, 2.05) is 11.8 Å². The first-order valence-corrected chi connectivity index (χ1v) is 12.2. The number of nitrogens with two attached hydrogens (primary N) is 2. The lowest BCUT2D eigenvalue weighted by molar-refractivity contribution is 0.0784. The van der Waals surface area contributed by atoms with Crippen LogP contribution in [-0.2, 0) is 6.42 Å². The molecular formula is C26H27F3N6O3. The third-order valence-corrected chi connectivity index (χ3v) is 7.11. The van der Waals surface area contributed by atoms with Gasteiger partial charge in [0.25, 0.3) is 5.91 Å². The smallest absolute Gasteiger partial charge is 0.276 e. The lowest BCUT2D eigenvalue weighted by Gasteiger charge is -2.41. The number of carbonyl (C=O) groups is 1. The summed E-state index contributed by atoms with van der Waals surface area (Å²) in [5.74, 6) is -4.21. The number of piperidine rings is 1. The number of aliphatic hydroxyl groups excluding tert-OH is 2. The van der Waals surface area contributed by atoms with E-state index in [2.05, 4.69) is 15.3 Å². The lowest BCUT2D eigenvalue weighted by atomic mass is 9.92. The summed E-state index contributed by atoms with van der Waals surface area (Å²) in [5.41, 5.74) is 12.0. The summed E-state index contributed by atoms with van der Waals surface area (Å²) in [5, 5.41) is 23.4. The van der Waals surface area contributed by atoms with E-state index in [4.69, 9.17) is 11.5 Å². The summed E-state index contributed by atoms with van der Waals surface area (Å²) >= 11 is 0. The second kappa shape index (κ2) is 9.86. The van der Waals surface area contributed by atoms with E-state index in [9.17, 15) is 28.2 Å². The van der Waals surface area contributed by atoms with E-state index >= 15 is 0 Å². The number of aromatic nitrogens is 2. The van der Waals surface area contributed by atoms with Gasteiger partial charge in [0.2, 0.25) is 0 Å². The van der Waals surface area contributed by atoms with E-state index in [-0.39, 0.29) is 23.8 Å². The molecule has 0 saturated carbocycles. The van der Waals surface area contributed by atoms with Crippen LogP contribution >= 0.6 is 0 Å². The van der Waals surface area contributed by atoms with Crippen LogP contribution in [0.3, 0.4) is 0 Å². The van der Waals surface area contributed by atoms with E-state index in [0.717, 1.165) is 29.8 Å². The van der Waals surface area contributed by atoms with Gasteiger partial charge in [-0.25, -0.2) is 18.2 Å². The number of benzene rings is 1. The van der Waals surface area contributed by atoms with Crippen molar-refractivity contribution in [3.63, 3.8) is 0 Å². The normalized spacial score (nSPS) is 22.9. The van der Waals surface area contributed by atoms with Crippen LogP contribution in [0, 0.1) is 23.4 Å². The first-order chi connectivity index (χ1) is 18.1. The highest BCUT2D eigenvalue weighted by atomic mass is 19.1. The standard InChI is InChI=1S/C26H27F3N6O3/c1-11-9-35(10-17(31)25(11)37)24-12-5-6-19(36)21(12)32-8-18(24)33-26(38)23-16(30)7-15(29)22(34-23)20-13(27)3-2-4-14(20)28/h2-4,7-8,11,17,19,25,36-37H,5-6,9-10,30-31H2,1H3,(H,33,38)/t11-,17+,19?,25+/m0/s1. The molecule has 4 atom stereocenters. The fourth-order valence-corrected chi connectivity index (χ4v) is 5.22. The summed E-state index contributed by atoms with van der Waals surface area (Å²) in [6, 6.07) is 3.27. The van der Waals surface area contributed by atoms with Gasteiger partial charge in [0.15, 0.2) is 11.5 Å². The van der Waals surface area contributed by atoms with Crippen LogP contribution in [0.5, 0.6) is 0 Å². The fourth-order valence-electron chi connectivity index (χ4n) is 5.22. The maximum Gasteiger partial charge on any atom is 0.276 e. The van der Waals surface area contributed by atoms with Crippen LogP contribution in [-0.4, -0.2) is 51.3 Å². The number of nitrogens with one attached hydrogen (secondary N) is 1. The Morgan fingerprint density at radius 2 is 1.87 bits per heavy atom. The largest absolute Gasteiger partial charge is 0.397 e. The second-order valence-corrected chi connectivity index (χ2v) is 9.78. The molecule has 3 aromatic rings. The minimum absolute atomic E-state index is 0.176. The van der Waals surface area contributed by atoms with Crippen molar-refractivity contribution in [2.45, 2.75) is 38.0 Å². The van der Waals surface area contributed by atoms with Gasteiger partial charge >= 0.3 is 0 Å². The topological polar surface area (TPSA) is 151 Å². The third kappa shape index (κ3) is 4.44. The predicted octanol–water partition coefficient (Wildman–Crippen LogP) is 2.52. The molecule has 1 aliphatic heterocycles. The van der Waals surface area contributed by atoms with Gasteiger partial charge in [-0.05, 0) is 25.0 Å². The van der Waals surface area contributed by atoms with E-state index in [1.54, 1.807) is 0 Å². The molecule has 200 valence electrons. The number of nitrogen functional groups attached to an aromatic ring is 1. The van der Waals surface area contributed by atoms with Crippen molar-refractivity contribution in [1.82, 2.24) is 9.97 Å². The van der Waals surface area contributed by atoms with Crippen LogP contribution in [0.2, 0.25) is 0 Å². The third-order valence-electron chi connectivity index (χ3n) is 7.11. The Balaban J connectivity index is 1.55. The van der Waals surface area contributed by atoms with Gasteiger partial charge in [-0.3, -0.25) is 9.78 Å². The van der Waals surface area contributed by atoms with E-state index < -0.39 is 58.6 Å². The molecule has 7 N–H and O–H groups in total. The summed E-state index contributed by atoms with van der Waals surface area (Å²) in [4.78, 5) is 23.5. The molecule has 1 amide bonds. The molecule has 1 aromatic carbocycles. The summed E-state index contributed by atoms with van der Waals surface area (Å²) in [6.07, 6.45) is 0.875. The molecular weight excluding hydrogens is 501 g/mol. The number of anilines is 3. The lowest BCUT2D eigenvalue weighted by Crippen LogP contribution is -2.56. The average molecular weight is 529 g/mol. The van der Waals surface area contributed by atoms with Crippen molar-refractivity contribution < 1.29 is 28.2 Å². The molecule has 1 unspecified atom stereocenters. The summed E-state index contributed by atoms with van der Waals surface area (Å²) in [7, 11) is 0. The van der Waals surface area contributed by atoms with Crippen molar-refractivity contribution in [3.05, 3.63) is 64.9 Å². The molecule has 38 heavy (non-hydrogen) atoms. The Kier molecular flexibility index (Phi) is 6.72. The fraction of sp³-hybridized carbons (Fsp3) is 0.346. The zero-order valence-corrected chi connectivity index (χ0v) is 20.5. The molecule has 5 rings (SSSR count). The van der Waals surface area contributed by atoms with E-state index in [1.165, 1.54) is 6.20 Å². The molecule has 3 heterocycles. The maximum absolute atomic E-state index is 14.7. The van der Waals surface area contributed by atoms with Crippen LogP contribution in [0.4, 0.5) is 30.2 Å². The quantitative estimate of drug-likeness (QED) is 0.347. The predicted molar refractivity (Wildman–Crippen MR) is 135 cm³/mol. The van der Waals surface area contributed by atoms with Crippen molar-refractivity contribution in [2.24, 2.45) is 11.7 Å². The molecule has 12 heteroatoms. The minimum Gasteiger partial charge on any atom is -0.397 e. The number of hydrogen-bond donors (Lipinski definition) is 5. The van der Waals surface area contributed by atoms with Crippen molar-refractivity contribution in [2.75, 3.05) is 29.0 Å². The number of pyridine rings is 2. The number of fused-ring (bicyclic) bond motifs is 1. The Labute approximate surface area is 216 Å². The van der Waals surface area contributed by atoms with Crippen LogP contribution in [0.1, 0.15) is 41.2 Å². The van der Waals surface area contributed by atoms with Crippen molar-refractivity contribution >= 4 is 23.0 Å². The molecule has 1 saturated heterocycles. The Bertz CT molecular complexity index is 1390. The number of rotatable bonds is 4. The average Bonchev–Trinajstić information content (AvgIpc) is 3.23. The van der Waals surface area contributed by atoms with Gasteiger partial charge < -0.3 is 31.9 Å². The SMILES string of the molecule is C[C@H]1CN(c2c(NC(=O)c3nc(-c4c(F)cccc4F)c(F)cc3N)cnc3c2CCC3O)C[C@@H](N)[C@@H]1O. The highest BCUT2D eigenvalue weighted by molar-refractivity contribution is 6.08. The molecule has 2 aliphatic rings. The summed E-state index contributed by atoms with van der Waals surface area (Å²) in [6.45, 7) is 2.57. The summed E-state index contributed by atoms with van der Waals surface area (Å²) < 4.78 is 43.4. The first kappa shape index (κ1) is 25.9. The van der Waals surface area contributed by atoms with Crippen molar-refractivity contribution in [1.29, 1.82) is 0 Å². The number of nitrogens with zero attached hydrogens (tertiary/aromatic N) is 3. The maximum atomic E-state index is 14.7. The van der Waals surface area contributed by atoms with Gasteiger partial charge in [0.1, 0.15) is 17.3 Å². The highest BCUT2D eigenvalue weighted by Gasteiger charge is 2.36. The molecule has 0 radical (unpaired) electrons. The molecule has 9 nitrogen and oxygen atoms in total. The Hall–Kier alpha value is -3.74. The van der Waals surface area contributed by atoms with Gasteiger partial charge in [-0.2, -0.15) is 0 Å². The Morgan fingerprint density at radius 3 is 2.55 bits per heavy atom. The first-order valence-electron chi connectivity index (χ1n) is 12.2. The second-order valence-electron chi connectivity index (χ2n) is 9.78. The van der Waals surface area contributed by atoms with Gasteiger partial charge in [-0.15, -0.1) is 0 Å². The number of halogens is 3. The van der Waals surface area contributed by atoms with Crippen LogP contribution < -0.4 is 21.7 Å².